The maximum atomic E-state index is 5.70. The molecule has 0 bridgehead atoms. The lowest BCUT2D eigenvalue weighted by Gasteiger charge is -2.05. The van der Waals surface area contributed by atoms with Crippen molar-refractivity contribution in [2.75, 3.05) is 5.32 Å². The van der Waals surface area contributed by atoms with Crippen LogP contribution in [0.25, 0.3) is 11.5 Å². The van der Waals surface area contributed by atoms with Crippen LogP contribution in [0.3, 0.4) is 0 Å². The Hall–Kier alpha value is -2.63. The van der Waals surface area contributed by atoms with E-state index in [1.165, 1.54) is 28.9 Å². The lowest BCUT2D eigenvalue weighted by molar-refractivity contribution is 0.577. The van der Waals surface area contributed by atoms with Gasteiger partial charge in [0.2, 0.25) is 5.89 Å². The van der Waals surface area contributed by atoms with E-state index >= 15 is 0 Å². The second-order valence-electron chi connectivity index (χ2n) is 5.98. The van der Waals surface area contributed by atoms with Gasteiger partial charge in [-0.3, -0.25) is 4.68 Å². The largest absolute Gasteiger partial charge is 0.403 e. The number of aromatic nitrogens is 4. The van der Waals surface area contributed by atoms with Crippen LogP contribution < -0.4 is 5.32 Å². The van der Waals surface area contributed by atoms with Crippen LogP contribution >= 0.6 is 0 Å². The van der Waals surface area contributed by atoms with Gasteiger partial charge in [-0.15, -0.1) is 5.10 Å². The number of fused-ring (bicyclic) bond motifs is 1. The molecule has 1 N–H and O–H groups in total. The van der Waals surface area contributed by atoms with Crippen molar-refractivity contribution in [2.24, 2.45) is 7.05 Å². The summed E-state index contributed by atoms with van der Waals surface area (Å²) in [6.07, 6.45) is 3.39. The molecule has 0 aliphatic heterocycles. The fourth-order valence-corrected chi connectivity index (χ4v) is 3.07. The van der Waals surface area contributed by atoms with Gasteiger partial charge >= 0.3 is 6.01 Å². The van der Waals surface area contributed by atoms with Crippen LogP contribution in [-0.4, -0.2) is 20.0 Å². The van der Waals surface area contributed by atoms with E-state index in [2.05, 4.69) is 27.5 Å². The summed E-state index contributed by atoms with van der Waals surface area (Å²) in [6.45, 7) is 2.70. The lowest BCUT2D eigenvalue weighted by atomic mass is 10.1. The van der Waals surface area contributed by atoms with Gasteiger partial charge in [0.25, 0.3) is 0 Å². The van der Waals surface area contributed by atoms with Gasteiger partial charge in [0.1, 0.15) is 0 Å². The van der Waals surface area contributed by atoms with Gasteiger partial charge in [0.05, 0.1) is 17.9 Å². The summed E-state index contributed by atoms with van der Waals surface area (Å²) in [5.74, 6) is 0.530. The van der Waals surface area contributed by atoms with Crippen LogP contribution in [0.1, 0.15) is 28.9 Å². The van der Waals surface area contributed by atoms with E-state index in [1.54, 1.807) is 0 Å². The molecule has 0 amide bonds. The average molecular weight is 309 g/mol. The summed E-state index contributed by atoms with van der Waals surface area (Å²) >= 11 is 0. The first kappa shape index (κ1) is 14.0. The predicted octanol–water partition coefficient (Wildman–Crippen LogP) is 2.88. The molecule has 0 atom stereocenters. The summed E-state index contributed by atoms with van der Waals surface area (Å²) in [4.78, 5) is 0. The third kappa shape index (κ3) is 2.60. The van der Waals surface area contributed by atoms with Crippen molar-refractivity contribution in [1.29, 1.82) is 0 Å². The van der Waals surface area contributed by atoms with Crippen molar-refractivity contribution in [3.05, 3.63) is 46.8 Å². The molecule has 0 spiro atoms. The highest BCUT2D eigenvalue weighted by molar-refractivity contribution is 5.53. The Morgan fingerprint density at radius 1 is 1.17 bits per heavy atom. The van der Waals surface area contributed by atoms with E-state index in [9.17, 15) is 0 Å². The molecule has 0 fully saturated rings. The molecule has 118 valence electrons. The Morgan fingerprint density at radius 3 is 2.83 bits per heavy atom. The maximum absolute atomic E-state index is 5.70. The van der Waals surface area contributed by atoms with Crippen LogP contribution in [0.2, 0.25) is 0 Å². The zero-order chi connectivity index (χ0) is 15.8. The van der Waals surface area contributed by atoms with Crippen LogP contribution in [-0.2, 0) is 26.4 Å². The van der Waals surface area contributed by atoms with E-state index in [-0.39, 0.29) is 0 Å². The minimum Gasteiger partial charge on any atom is -0.403 e. The smallest absolute Gasteiger partial charge is 0.316 e. The van der Waals surface area contributed by atoms with Crippen LogP contribution in [0, 0.1) is 6.92 Å². The van der Waals surface area contributed by atoms with Crippen molar-refractivity contribution < 1.29 is 4.42 Å². The van der Waals surface area contributed by atoms with Crippen molar-refractivity contribution in [3.8, 4) is 11.5 Å². The summed E-state index contributed by atoms with van der Waals surface area (Å²) in [5.41, 5.74) is 5.94. The molecular formula is C17H19N5O. The molecule has 3 aromatic rings. The van der Waals surface area contributed by atoms with Gasteiger partial charge in [-0.05, 0) is 43.9 Å². The Labute approximate surface area is 134 Å². The second kappa shape index (κ2) is 5.53. The van der Waals surface area contributed by atoms with Crippen molar-refractivity contribution in [2.45, 2.75) is 32.7 Å². The van der Waals surface area contributed by atoms with E-state index in [0.717, 1.165) is 18.4 Å². The molecule has 0 unspecified atom stereocenters. The number of nitrogens with zero attached hydrogens (tertiary/aromatic N) is 4. The highest BCUT2D eigenvalue weighted by Gasteiger charge is 2.20. The molecule has 2 heterocycles. The van der Waals surface area contributed by atoms with E-state index in [4.69, 9.17) is 4.42 Å². The molecule has 0 saturated heterocycles. The highest BCUT2D eigenvalue weighted by atomic mass is 16.4. The second-order valence-corrected chi connectivity index (χ2v) is 5.98. The molecule has 1 aromatic carbocycles. The molecule has 0 radical (unpaired) electrons. The highest BCUT2D eigenvalue weighted by Crippen LogP contribution is 2.25. The molecule has 0 saturated carbocycles. The fourth-order valence-electron chi connectivity index (χ4n) is 3.07. The molecule has 23 heavy (non-hydrogen) atoms. The number of rotatable bonds is 4. The number of hydrogen-bond donors (Lipinski definition) is 1. The zero-order valence-corrected chi connectivity index (χ0v) is 13.3. The van der Waals surface area contributed by atoms with Gasteiger partial charge in [0, 0.05) is 12.6 Å². The monoisotopic (exact) mass is 309 g/mol. The minimum absolute atomic E-state index is 0.438. The number of hydrogen-bond acceptors (Lipinski definition) is 5. The molecule has 1 aliphatic carbocycles. The Balaban J connectivity index is 1.49. The molecule has 6 nitrogen and oxygen atoms in total. The maximum Gasteiger partial charge on any atom is 0.316 e. The summed E-state index contributed by atoms with van der Waals surface area (Å²) in [6, 6.07) is 8.48. The number of anilines is 1. The SMILES string of the molecule is Cc1ccc(-c2nnc(NCc3c4c(nn3C)CCC4)o2)cc1. The standard InChI is InChI=1S/C17H19N5O/c1-11-6-8-12(9-7-11)16-19-20-17(23-16)18-10-15-13-4-3-5-14(13)21-22(15)2/h6-9H,3-5,10H2,1-2H3,(H,18,20). The van der Waals surface area contributed by atoms with Gasteiger partial charge in [0.15, 0.2) is 0 Å². The summed E-state index contributed by atoms with van der Waals surface area (Å²) < 4.78 is 7.66. The third-order valence-electron chi connectivity index (χ3n) is 4.33. The first-order valence-electron chi connectivity index (χ1n) is 7.89. The fraction of sp³-hybridized carbons (Fsp3) is 0.353. The van der Waals surface area contributed by atoms with Gasteiger partial charge in [-0.1, -0.05) is 22.8 Å². The summed E-state index contributed by atoms with van der Waals surface area (Å²) in [5, 5.41) is 16.0. The number of aryl methyl sites for hydroxylation is 3. The van der Waals surface area contributed by atoms with E-state index < -0.39 is 0 Å². The normalized spacial score (nSPS) is 13.3. The topological polar surface area (TPSA) is 68.8 Å². The van der Waals surface area contributed by atoms with Crippen LogP contribution in [0.15, 0.2) is 28.7 Å². The predicted molar refractivity (Wildman–Crippen MR) is 87.0 cm³/mol. The lowest BCUT2D eigenvalue weighted by Crippen LogP contribution is -2.07. The van der Waals surface area contributed by atoms with Crippen LogP contribution in [0.5, 0.6) is 0 Å². The van der Waals surface area contributed by atoms with Crippen molar-refractivity contribution in [3.63, 3.8) is 0 Å². The van der Waals surface area contributed by atoms with Crippen molar-refractivity contribution >= 4 is 6.01 Å². The summed E-state index contributed by atoms with van der Waals surface area (Å²) in [7, 11) is 1.99. The molecule has 4 rings (SSSR count). The molecule has 6 heteroatoms. The Kier molecular flexibility index (Phi) is 3.37. The van der Waals surface area contributed by atoms with Crippen molar-refractivity contribution in [1.82, 2.24) is 20.0 Å². The van der Waals surface area contributed by atoms with Crippen LogP contribution in [0.4, 0.5) is 6.01 Å². The average Bonchev–Trinajstić information content (AvgIpc) is 3.23. The number of nitrogens with one attached hydrogen (secondary N) is 1. The third-order valence-corrected chi connectivity index (χ3v) is 4.33. The Morgan fingerprint density at radius 2 is 2.00 bits per heavy atom. The first-order valence-corrected chi connectivity index (χ1v) is 7.89. The minimum atomic E-state index is 0.438. The first-order chi connectivity index (χ1) is 11.2. The van der Waals surface area contributed by atoms with Gasteiger partial charge in [-0.2, -0.15) is 5.10 Å². The van der Waals surface area contributed by atoms with E-state index in [0.29, 0.717) is 18.5 Å². The quantitative estimate of drug-likeness (QED) is 0.802. The van der Waals surface area contributed by atoms with Gasteiger partial charge < -0.3 is 9.73 Å². The molecule has 2 aromatic heterocycles. The van der Waals surface area contributed by atoms with Gasteiger partial charge in [-0.25, -0.2) is 0 Å². The molecule has 1 aliphatic rings. The number of benzene rings is 1. The van der Waals surface area contributed by atoms with E-state index in [1.807, 2.05) is 36.0 Å². The molecular weight excluding hydrogens is 290 g/mol. The zero-order valence-electron chi connectivity index (χ0n) is 13.3. The Bertz CT molecular complexity index is 831.